The number of rotatable bonds is 8. The molecule has 0 unspecified atom stereocenters. The molecule has 36 heavy (non-hydrogen) atoms. The number of halogens is 3. The van der Waals surface area contributed by atoms with Gasteiger partial charge in [-0.2, -0.15) is 13.2 Å². The molecule has 0 saturated heterocycles. The maximum absolute atomic E-state index is 11.9. The van der Waals surface area contributed by atoms with Crippen molar-refractivity contribution in [1.29, 1.82) is 0 Å². The van der Waals surface area contributed by atoms with Gasteiger partial charge in [0.25, 0.3) is 0 Å². The van der Waals surface area contributed by atoms with E-state index in [0.717, 1.165) is 0 Å². The first-order valence-electron chi connectivity index (χ1n) is 9.55. The van der Waals surface area contributed by atoms with Gasteiger partial charge in [0.2, 0.25) is 10.0 Å². The van der Waals surface area contributed by atoms with Crippen LogP contribution in [0.25, 0.3) is 0 Å². The molecule has 2 aromatic heterocycles. The van der Waals surface area contributed by atoms with E-state index in [4.69, 9.17) is 9.90 Å². The molecule has 0 aliphatic rings. The summed E-state index contributed by atoms with van der Waals surface area (Å²) in [5, 5.41) is 15.5. The van der Waals surface area contributed by atoms with Crippen molar-refractivity contribution < 1.29 is 41.0 Å². The maximum Gasteiger partial charge on any atom is 0.490 e. The SMILES string of the molecule is CNS(=O)(=O)c1cccc(Nc2cc(Nc3nc(CC(=O)OC)cs3)ncn2)c1.O=C(O)C(F)(F)F. The van der Waals surface area contributed by atoms with Crippen LogP contribution in [-0.4, -0.2) is 60.7 Å². The number of carboxylic acids is 1. The highest BCUT2D eigenvalue weighted by molar-refractivity contribution is 7.89. The Morgan fingerprint density at radius 3 is 2.36 bits per heavy atom. The number of nitrogens with zero attached hydrogens (tertiary/aromatic N) is 3. The van der Waals surface area contributed by atoms with Gasteiger partial charge in [-0.3, -0.25) is 4.79 Å². The van der Waals surface area contributed by atoms with Gasteiger partial charge >= 0.3 is 18.1 Å². The Bertz CT molecular complexity index is 1320. The topological polar surface area (TPSA) is 172 Å². The Morgan fingerprint density at radius 1 is 1.14 bits per heavy atom. The fourth-order valence-corrected chi connectivity index (χ4v) is 3.77. The fourth-order valence-electron chi connectivity index (χ4n) is 2.28. The lowest BCUT2D eigenvalue weighted by Gasteiger charge is -2.09. The first kappa shape index (κ1) is 28.4. The molecule has 3 rings (SSSR count). The number of hydrogen-bond acceptors (Lipinski definition) is 11. The molecule has 2 heterocycles. The summed E-state index contributed by atoms with van der Waals surface area (Å²) < 4.78 is 62.5. The minimum atomic E-state index is -5.08. The van der Waals surface area contributed by atoms with Gasteiger partial charge in [-0.25, -0.2) is 32.9 Å². The average Bonchev–Trinajstić information content (AvgIpc) is 3.25. The minimum Gasteiger partial charge on any atom is -0.475 e. The second-order valence-electron chi connectivity index (χ2n) is 6.47. The van der Waals surface area contributed by atoms with Crippen LogP contribution < -0.4 is 15.4 Å². The van der Waals surface area contributed by atoms with Crippen LogP contribution in [0.3, 0.4) is 0 Å². The molecular formula is C19H19F3N6O6S2. The summed E-state index contributed by atoms with van der Waals surface area (Å²) in [5.74, 6) is -2.17. The molecule has 4 N–H and O–H groups in total. The van der Waals surface area contributed by atoms with Crippen LogP contribution in [-0.2, 0) is 30.8 Å². The van der Waals surface area contributed by atoms with E-state index in [-0.39, 0.29) is 17.3 Å². The number of alkyl halides is 3. The number of ether oxygens (including phenoxy) is 1. The lowest BCUT2D eigenvalue weighted by atomic mass is 10.3. The first-order chi connectivity index (χ1) is 16.8. The molecule has 0 bridgehead atoms. The monoisotopic (exact) mass is 548 g/mol. The predicted molar refractivity (Wildman–Crippen MR) is 123 cm³/mol. The van der Waals surface area contributed by atoms with Crippen molar-refractivity contribution in [3.8, 4) is 0 Å². The normalized spacial score (nSPS) is 11.1. The summed E-state index contributed by atoms with van der Waals surface area (Å²) in [4.78, 5) is 32.9. The van der Waals surface area contributed by atoms with E-state index in [0.29, 0.717) is 28.1 Å². The number of benzene rings is 1. The zero-order valence-corrected chi connectivity index (χ0v) is 20.2. The van der Waals surface area contributed by atoms with Crippen molar-refractivity contribution in [2.45, 2.75) is 17.5 Å². The van der Waals surface area contributed by atoms with Crippen LogP contribution in [0.5, 0.6) is 0 Å². The van der Waals surface area contributed by atoms with E-state index in [9.17, 15) is 26.4 Å². The lowest BCUT2D eigenvalue weighted by Crippen LogP contribution is -2.21. The minimum absolute atomic E-state index is 0.0944. The molecule has 0 radical (unpaired) electrons. The van der Waals surface area contributed by atoms with Gasteiger partial charge in [0.05, 0.1) is 24.1 Å². The molecule has 0 amide bonds. The number of hydrogen-bond donors (Lipinski definition) is 4. The number of aliphatic carboxylic acids is 1. The maximum atomic E-state index is 11.9. The largest absolute Gasteiger partial charge is 0.490 e. The van der Waals surface area contributed by atoms with Crippen molar-refractivity contribution in [3.63, 3.8) is 0 Å². The van der Waals surface area contributed by atoms with Gasteiger partial charge in [-0.1, -0.05) is 6.07 Å². The highest BCUT2D eigenvalue weighted by Gasteiger charge is 2.38. The molecular weight excluding hydrogens is 529 g/mol. The van der Waals surface area contributed by atoms with Crippen LogP contribution in [0, 0.1) is 0 Å². The zero-order chi connectivity index (χ0) is 26.9. The summed E-state index contributed by atoms with van der Waals surface area (Å²) in [6, 6.07) is 8.01. The van der Waals surface area contributed by atoms with Crippen molar-refractivity contribution in [2.24, 2.45) is 0 Å². The molecule has 3 aromatic rings. The van der Waals surface area contributed by atoms with E-state index >= 15 is 0 Å². The highest BCUT2D eigenvalue weighted by atomic mass is 32.2. The summed E-state index contributed by atoms with van der Waals surface area (Å²) >= 11 is 1.33. The third-order valence-corrected chi connectivity index (χ3v) is 6.15. The second kappa shape index (κ2) is 12.2. The number of esters is 1. The molecule has 0 fully saturated rings. The summed E-state index contributed by atoms with van der Waals surface area (Å²) in [7, 11) is -0.864. The Balaban J connectivity index is 0.000000572. The number of carbonyl (C=O) groups excluding carboxylic acids is 1. The van der Waals surface area contributed by atoms with Gasteiger partial charge in [0.1, 0.15) is 18.0 Å². The van der Waals surface area contributed by atoms with Crippen molar-refractivity contribution >= 4 is 55.8 Å². The quantitative estimate of drug-likeness (QED) is 0.305. The standard InChI is InChI=1S/C17H18N6O4S2.C2HF3O2/c1-18-29(25,26)13-5-3-4-11(6-13)21-14-8-15(20-10-19-14)23-17-22-12(9-28-17)7-16(24)27-2;3-2(4,5)1(6)7/h3-6,8-10,18H,7H2,1-2H3,(H2,19,20,21,22,23);(H,6,7). The van der Waals surface area contributed by atoms with E-state index in [1.807, 2.05) is 0 Å². The summed E-state index contributed by atoms with van der Waals surface area (Å²) in [6.07, 6.45) is -3.63. The van der Waals surface area contributed by atoms with Gasteiger partial charge in [0, 0.05) is 17.1 Å². The van der Waals surface area contributed by atoms with Crippen LogP contribution in [0.15, 0.2) is 46.9 Å². The van der Waals surface area contributed by atoms with Gasteiger partial charge in [0.15, 0.2) is 5.13 Å². The molecule has 17 heteroatoms. The Kier molecular flexibility index (Phi) is 9.65. The number of carbonyl (C=O) groups is 2. The van der Waals surface area contributed by atoms with E-state index in [2.05, 4.69) is 35.0 Å². The molecule has 12 nitrogen and oxygen atoms in total. The van der Waals surface area contributed by atoms with E-state index in [1.54, 1.807) is 23.6 Å². The second-order valence-corrected chi connectivity index (χ2v) is 9.22. The first-order valence-corrected chi connectivity index (χ1v) is 11.9. The molecule has 0 aliphatic heterocycles. The third-order valence-electron chi connectivity index (χ3n) is 3.93. The fraction of sp³-hybridized carbons (Fsp3) is 0.211. The van der Waals surface area contributed by atoms with E-state index in [1.165, 1.54) is 44.0 Å². The molecule has 0 saturated carbocycles. The average molecular weight is 549 g/mol. The van der Waals surface area contributed by atoms with Gasteiger partial charge in [-0.15, -0.1) is 11.3 Å². The summed E-state index contributed by atoms with van der Waals surface area (Å²) in [5.41, 5.74) is 1.15. The van der Waals surface area contributed by atoms with Crippen molar-refractivity contribution in [1.82, 2.24) is 19.7 Å². The number of sulfonamides is 1. The number of thiazole rings is 1. The number of carboxylic acid groups (broad SMARTS) is 1. The Labute approximate surface area is 206 Å². The number of methoxy groups -OCH3 is 1. The van der Waals surface area contributed by atoms with E-state index < -0.39 is 22.2 Å². The molecule has 1 aromatic carbocycles. The van der Waals surface area contributed by atoms with Crippen molar-refractivity contribution in [2.75, 3.05) is 24.8 Å². The molecule has 194 valence electrons. The number of anilines is 4. The van der Waals surface area contributed by atoms with Crippen molar-refractivity contribution in [3.05, 3.63) is 47.7 Å². The van der Waals surface area contributed by atoms with Crippen LogP contribution in [0.4, 0.5) is 35.6 Å². The summed E-state index contributed by atoms with van der Waals surface area (Å²) in [6.45, 7) is 0. The van der Waals surface area contributed by atoms with Gasteiger partial charge in [-0.05, 0) is 25.2 Å². The molecule has 0 atom stereocenters. The number of aromatic nitrogens is 3. The van der Waals surface area contributed by atoms with Crippen LogP contribution in [0.2, 0.25) is 0 Å². The smallest absolute Gasteiger partial charge is 0.475 e. The third kappa shape index (κ3) is 8.75. The van der Waals surface area contributed by atoms with Crippen LogP contribution >= 0.6 is 11.3 Å². The number of nitrogens with one attached hydrogen (secondary N) is 3. The molecule has 0 aliphatic carbocycles. The Hall–Kier alpha value is -3.83. The molecule has 0 spiro atoms. The predicted octanol–water partition coefficient (Wildman–Crippen LogP) is 2.68. The highest BCUT2D eigenvalue weighted by Crippen LogP contribution is 2.23. The lowest BCUT2D eigenvalue weighted by molar-refractivity contribution is -0.192. The van der Waals surface area contributed by atoms with Crippen LogP contribution in [0.1, 0.15) is 5.69 Å². The zero-order valence-electron chi connectivity index (χ0n) is 18.5. The van der Waals surface area contributed by atoms with Gasteiger partial charge < -0.3 is 20.5 Å². The Morgan fingerprint density at radius 2 is 1.78 bits per heavy atom.